The van der Waals surface area contributed by atoms with Crippen LogP contribution in [0.1, 0.15) is 17.5 Å². The number of rotatable bonds is 7. The van der Waals surface area contributed by atoms with E-state index < -0.39 is 6.17 Å². The van der Waals surface area contributed by atoms with E-state index in [0.717, 1.165) is 24.4 Å². The molecule has 1 aliphatic rings. The minimum Gasteiger partial charge on any atom is -0.497 e. The minimum atomic E-state index is -0.764. The molecule has 1 aromatic heterocycles. The highest BCUT2D eigenvalue weighted by atomic mass is 19.1. The summed E-state index contributed by atoms with van der Waals surface area (Å²) >= 11 is 0. The Morgan fingerprint density at radius 1 is 1.28 bits per heavy atom. The molecule has 2 aromatic rings. The number of aromatic nitrogens is 2. The maximum atomic E-state index is 14.0. The molecular weight excluding hydrogens is 319 g/mol. The maximum Gasteiger partial charge on any atom is 0.119 e. The zero-order valence-electron chi connectivity index (χ0n) is 14.8. The predicted octanol–water partition coefficient (Wildman–Crippen LogP) is 2.53. The predicted molar refractivity (Wildman–Crippen MR) is 95.1 cm³/mol. The fraction of sp³-hybridized carbons (Fsp3) is 0.474. The van der Waals surface area contributed by atoms with Crippen molar-refractivity contribution in [1.82, 2.24) is 19.8 Å². The minimum absolute atomic E-state index is 0.200. The lowest BCUT2D eigenvalue weighted by Gasteiger charge is -2.28. The van der Waals surface area contributed by atoms with Crippen molar-refractivity contribution in [2.75, 3.05) is 27.2 Å². The third-order valence-electron chi connectivity index (χ3n) is 4.59. The van der Waals surface area contributed by atoms with Crippen LogP contribution in [-0.2, 0) is 13.1 Å². The third kappa shape index (κ3) is 4.96. The Bertz CT molecular complexity index is 669. The van der Waals surface area contributed by atoms with E-state index in [4.69, 9.17) is 4.74 Å². The first-order valence-corrected chi connectivity index (χ1v) is 8.57. The number of likely N-dealkylation sites (N-methyl/N-ethyl adjacent to an activating group) is 1. The van der Waals surface area contributed by atoms with E-state index in [9.17, 15) is 4.39 Å². The van der Waals surface area contributed by atoms with E-state index in [0.29, 0.717) is 19.5 Å². The molecule has 0 amide bonds. The average molecular weight is 344 g/mol. The quantitative estimate of drug-likeness (QED) is 0.772. The van der Waals surface area contributed by atoms with Gasteiger partial charge in [0, 0.05) is 50.2 Å². The van der Waals surface area contributed by atoms with Crippen molar-refractivity contribution in [2.24, 2.45) is 0 Å². The molecule has 2 heterocycles. The van der Waals surface area contributed by atoms with Crippen LogP contribution in [0.5, 0.6) is 5.75 Å². The molecule has 1 aromatic carbocycles. The molecule has 0 radical (unpaired) electrons. The van der Waals surface area contributed by atoms with Gasteiger partial charge in [0.2, 0.25) is 0 Å². The molecule has 0 bridgehead atoms. The van der Waals surface area contributed by atoms with Crippen LogP contribution < -0.4 is 4.74 Å². The van der Waals surface area contributed by atoms with Gasteiger partial charge in [0.15, 0.2) is 0 Å². The second-order valence-corrected chi connectivity index (χ2v) is 6.71. The second kappa shape index (κ2) is 8.36. The van der Waals surface area contributed by atoms with E-state index in [1.54, 1.807) is 19.5 Å². The number of methoxy groups -OCH3 is 1. The first kappa shape index (κ1) is 17.8. The first-order valence-electron chi connectivity index (χ1n) is 8.57. The molecule has 5 nitrogen and oxygen atoms in total. The Hall–Kier alpha value is -2.05. The van der Waals surface area contributed by atoms with Crippen LogP contribution in [0.25, 0.3) is 0 Å². The summed E-state index contributed by atoms with van der Waals surface area (Å²) in [7, 11) is 3.75. The Morgan fingerprint density at radius 2 is 2.08 bits per heavy atom. The summed E-state index contributed by atoms with van der Waals surface area (Å²) in [5.41, 5.74) is 2.22. The summed E-state index contributed by atoms with van der Waals surface area (Å²) in [6, 6.07) is 8.27. The monoisotopic (exact) mass is 344 g/mol. The fourth-order valence-electron chi connectivity index (χ4n) is 3.46. The molecule has 0 spiro atoms. The third-order valence-corrected chi connectivity index (χ3v) is 4.59. The van der Waals surface area contributed by atoms with Gasteiger partial charge in [-0.25, -0.2) is 14.4 Å². The normalized spacial score (nSPS) is 21.0. The summed E-state index contributed by atoms with van der Waals surface area (Å²) in [5.74, 6) is 0.862. The lowest BCUT2D eigenvalue weighted by atomic mass is 10.1. The van der Waals surface area contributed by atoms with Crippen molar-refractivity contribution >= 4 is 0 Å². The lowest BCUT2D eigenvalue weighted by Crippen LogP contribution is -2.38. The number of hydrogen-bond acceptors (Lipinski definition) is 5. The van der Waals surface area contributed by atoms with Gasteiger partial charge in [-0.15, -0.1) is 0 Å². The first-order chi connectivity index (χ1) is 12.1. The van der Waals surface area contributed by atoms with Crippen molar-refractivity contribution in [3.8, 4) is 5.75 Å². The van der Waals surface area contributed by atoms with Crippen LogP contribution in [0.4, 0.5) is 4.39 Å². The van der Waals surface area contributed by atoms with Gasteiger partial charge < -0.3 is 9.64 Å². The van der Waals surface area contributed by atoms with Crippen molar-refractivity contribution in [3.05, 3.63) is 54.1 Å². The van der Waals surface area contributed by atoms with Crippen LogP contribution in [0, 0.1) is 0 Å². The molecule has 0 aliphatic carbocycles. The number of likely N-dealkylation sites (tertiary alicyclic amines) is 1. The van der Waals surface area contributed by atoms with Crippen LogP contribution >= 0.6 is 0 Å². The highest BCUT2D eigenvalue weighted by Gasteiger charge is 2.32. The maximum absolute atomic E-state index is 14.0. The van der Waals surface area contributed by atoms with E-state index >= 15 is 0 Å². The highest BCUT2D eigenvalue weighted by Crippen LogP contribution is 2.23. The molecule has 1 aliphatic heterocycles. The molecule has 6 heteroatoms. The largest absolute Gasteiger partial charge is 0.497 e. The van der Waals surface area contributed by atoms with Crippen molar-refractivity contribution < 1.29 is 9.13 Å². The van der Waals surface area contributed by atoms with Gasteiger partial charge in [0.1, 0.15) is 18.2 Å². The molecule has 3 rings (SSSR count). The van der Waals surface area contributed by atoms with E-state index in [1.807, 2.05) is 18.2 Å². The van der Waals surface area contributed by atoms with Gasteiger partial charge >= 0.3 is 0 Å². The van der Waals surface area contributed by atoms with Gasteiger partial charge in [-0.1, -0.05) is 12.1 Å². The highest BCUT2D eigenvalue weighted by molar-refractivity contribution is 5.28. The summed E-state index contributed by atoms with van der Waals surface area (Å²) in [4.78, 5) is 12.5. The number of benzene rings is 1. The smallest absolute Gasteiger partial charge is 0.119 e. The molecule has 1 fully saturated rings. The lowest BCUT2D eigenvalue weighted by molar-refractivity contribution is 0.180. The van der Waals surface area contributed by atoms with Gasteiger partial charge in [0.25, 0.3) is 0 Å². The molecule has 2 atom stereocenters. The summed E-state index contributed by atoms with van der Waals surface area (Å²) in [5, 5.41) is 0. The van der Waals surface area contributed by atoms with Gasteiger partial charge in [-0.05, 0) is 31.2 Å². The molecule has 0 N–H and O–H groups in total. The van der Waals surface area contributed by atoms with Crippen LogP contribution in [-0.4, -0.2) is 59.2 Å². The molecule has 1 saturated heterocycles. The molecule has 0 unspecified atom stereocenters. The number of halogens is 1. The van der Waals surface area contributed by atoms with Gasteiger partial charge in [0.05, 0.1) is 7.11 Å². The Labute approximate surface area is 148 Å². The Morgan fingerprint density at radius 3 is 2.84 bits per heavy atom. The zero-order valence-corrected chi connectivity index (χ0v) is 14.8. The van der Waals surface area contributed by atoms with Gasteiger partial charge in [-0.3, -0.25) is 4.90 Å². The number of ether oxygens (including phenoxy) is 1. The van der Waals surface area contributed by atoms with E-state index in [1.165, 1.54) is 11.9 Å². The van der Waals surface area contributed by atoms with E-state index in [-0.39, 0.29) is 6.04 Å². The summed E-state index contributed by atoms with van der Waals surface area (Å²) in [6.07, 6.45) is 4.94. The number of alkyl halides is 1. The van der Waals surface area contributed by atoms with Crippen LogP contribution in [0.3, 0.4) is 0 Å². The number of nitrogens with zero attached hydrogens (tertiary/aromatic N) is 4. The summed E-state index contributed by atoms with van der Waals surface area (Å²) < 4.78 is 19.3. The zero-order chi connectivity index (χ0) is 17.6. The topological polar surface area (TPSA) is 41.5 Å². The van der Waals surface area contributed by atoms with E-state index in [2.05, 4.69) is 32.9 Å². The average Bonchev–Trinajstić information content (AvgIpc) is 2.94. The molecular formula is C19H25FN4O. The van der Waals surface area contributed by atoms with Crippen LogP contribution in [0.15, 0.2) is 43.0 Å². The van der Waals surface area contributed by atoms with Crippen molar-refractivity contribution in [1.29, 1.82) is 0 Å². The summed E-state index contributed by atoms with van der Waals surface area (Å²) in [6.45, 7) is 2.81. The molecule has 134 valence electrons. The molecule has 0 saturated carbocycles. The number of hydrogen-bond donors (Lipinski definition) is 0. The Kier molecular flexibility index (Phi) is 5.94. The second-order valence-electron chi connectivity index (χ2n) is 6.71. The SMILES string of the molecule is COc1cccc(CN(C)C[C@@H]2C[C@H](F)CN2Cc2cncnc2)c1. The van der Waals surface area contributed by atoms with Crippen molar-refractivity contribution in [2.45, 2.75) is 31.7 Å². The standard InChI is InChI=1S/C19H25FN4O/c1-23(10-15-4-3-5-19(6-15)25-2)13-18-7-17(20)12-24(18)11-16-8-21-14-22-9-16/h3-6,8-9,14,17-18H,7,10-13H2,1-2H3/t17-,18-/m0/s1. The van der Waals surface area contributed by atoms with Crippen LogP contribution in [0.2, 0.25) is 0 Å². The van der Waals surface area contributed by atoms with Gasteiger partial charge in [-0.2, -0.15) is 0 Å². The molecule has 25 heavy (non-hydrogen) atoms. The fourth-order valence-corrected chi connectivity index (χ4v) is 3.46. The van der Waals surface area contributed by atoms with Crippen molar-refractivity contribution in [3.63, 3.8) is 0 Å². The Balaban J connectivity index is 1.59.